The fourth-order valence-electron chi connectivity index (χ4n) is 1.15. The molecule has 1 aromatic rings. The lowest BCUT2D eigenvalue weighted by Crippen LogP contribution is -1.98. The molecular formula is C10H11Cl2N. The Morgan fingerprint density at radius 1 is 1.38 bits per heavy atom. The normalized spacial score (nSPS) is 14.3. The number of alkyl halides is 1. The van der Waals surface area contributed by atoms with Crippen molar-refractivity contribution in [3.8, 4) is 0 Å². The van der Waals surface area contributed by atoms with Gasteiger partial charge in [0, 0.05) is 12.6 Å². The average Bonchev–Trinajstić information content (AvgIpc) is 2.16. The van der Waals surface area contributed by atoms with Crippen LogP contribution in [-0.4, -0.2) is 12.2 Å². The number of hydrogen-bond donors (Lipinski definition) is 0. The highest BCUT2D eigenvalue weighted by atomic mass is 35.5. The molecule has 0 saturated carbocycles. The summed E-state index contributed by atoms with van der Waals surface area (Å²) in [5.41, 5.74) is 1.92. The summed E-state index contributed by atoms with van der Waals surface area (Å²) in [7, 11) is 1.66. The highest BCUT2D eigenvalue weighted by Crippen LogP contribution is 2.24. The van der Waals surface area contributed by atoms with Gasteiger partial charge in [-0.2, -0.15) is 0 Å². The van der Waals surface area contributed by atoms with Crippen LogP contribution in [0.15, 0.2) is 29.3 Å². The third-order valence-corrected chi connectivity index (χ3v) is 2.42. The zero-order valence-electron chi connectivity index (χ0n) is 7.59. The number of rotatable bonds is 2. The predicted octanol–water partition coefficient (Wildman–Crippen LogP) is 3.60. The van der Waals surface area contributed by atoms with E-state index in [1.807, 2.05) is 31.2 Å². The Balaban J connectivity index is 3.20. The summed E-state index contributed by atoms with van der Waals surface area (Å²) < 4.78 is 0. The van der Waals surface area contributed by atoms with E-state index in [9.17, 15) is 0 Å². The third-order valence-electron chi connectivity index (χ3n) is 1.81. The summed E-state index contributed by atoms with van der Waals surface area (Å²) in [6, 6.07) is 7.74. The van der Waals surface area contributed by atoms with Crippen LogP contribution in [0, 0.1) is 0 Å². The molecule has 1 aromatic carbocycles. The Kier molecular flexibility index (Phi) is 3.76. The second-order valence-electron chi connectivity index (χ2n) is 2.72. The van der Waals surface area contributed by atoms with Gasteiger partial charge in [-0.25, -0.2) is 0 Å². The van der Waals surface area contributed by atoms with Crippen LogP contribution in [0.4, 0.5) is 0 Å². The lowest BCUT2D eigenvalue weighted by Gasteiger charge is -2.08. The Bertz CT molecular complexity index is 318. The van der Waals surface area contributed by atoms with Crippen LogP contribution >= 0.6 is 23.2 Å². The van der Waals surface area contributed by atoms with Crippen molar-refractivity contribution in [2.45, 2.75) is 12.3 Å². The quantitative estimate of drug-likeness (QED) is 0.529. The van der Waals surface area contributed by atoms with Crippen LogP contribution < -0.4 is 0 Å². The van der Waals surface area contributed by atoms with Crippen LogP contribution in [0.3, 0.4) is 0 Å². The van der Waals surface area contributed by atoms with E-state index < -0.39 is 0 Å². The molecule has 0 saturated heterocycles. The first kappa shape index (κ1) is 10.6. The van der Waals surface area contributed by atoms with Crippen molar-refractivity contribution >= 4 is 28.4 Å². The maximum atomic E-state index is 6.00. The van der Waals surface area contributed by atoms with Gasteiger partial charge in [-0.1, -0.05) is 35.9 Å². The van der Waals surface area contributed by atoms with Gasteiger partial charge in [0.25, 0.3) is 0 Å². The van der Waals surface area contributed by atoms with E-state index in [1.54, 1.807) is 7.05 Å². The van der Waals surface area contributed by atoms with Gasteiger partial charge in [0.1, 0.15) is 5.17 Å². The molecule has 0 aromatic heterocycles. The summed E-state index contributed by atoms with van der Waals surface area (Å²) in [6.45, 7) is 1.92. The van der Waals surface area contributed by atoms with E-state index in [1.165, 1.54) is 0 Å². The fourth-order valence-corrected chi connectivity index (χ4v) is 1.51. The van der Waals surface area contributed by atoms with Crippen LogP contribution in [0.5, 0.6) is 0 Å². The van der Waals surface area contributed by atoms with Gasteiger partial charge in [-0.3, -0.25) is 4.99 Å². The van der Waals surface area contributed by atoms with Gasteiger partial charge < -0.3 is 0 Å². The molecule has 0 radical (unpaired) electrons. The molecule has 1 nitrogen and oxygen atoms in total. The van der Waals surface area contributed by atoms with Crippen LogP contribution in [0.2, 0.25) is 0 Å². The molecule has 0 amide bonds. The topological polar surface area (TPSA) is 12.4 Å². The molecular weight excluding hydrogens is 205 g/mol. The standard InChI is InChI=1S/C10H11Cl2N/c1-7(11)8-5-3-4-6-9(8)10(12)13-2/h3-7H,1-2H3/b13-10+. The molecule has 0 aliphatic rings. The summed E-state index contributed by atoms with van der Waals surface area (Å²) in [4.78, 5) is 3.93. The van der Waals surface area contributed by atoms with Crippen molar-refractivity contribution in [2.75, 3.05) is 7.05 Å². The molecule has 13 heavy (non-hydrogen) atoms. The van der Waals surface area contributed by atoms with Gasteiger partial charge in [-0.05, 0) is 12.5 Å². The molecule has 0 bridgehead atoms. The number of halogens is 2. The molecule has 0 heterocycles. The van der Waals surface area contributed by atoms with E-state index in [-0.39, 0.29) is 5.38 Å². The molecule has 0 N–H and O–H groups in total. The number of nitrogens with zero attached hydrogens (tertiary/aromatic N) is 1. The zero-order chi connectivity index (χ0) is 9.84. The lowest BCUT2D eigenvalue weighted by molar-refractivity contribution is 1.08. The molecule has 0 fully saturated rings. The first-order chi connectivity index (χ1) is 6.16. The monoisotopic (exact) mass is 215 g/mol. The molecule has 1 unspecified atom stereocenters. The SMILES string of the molecule is C/N=C(/Cl)c1ccccc1C(C)Cl. The summed E-state index contributed by atoms with van der Waals surface area (Å²) in [5.74, 6) is 0. The van der Waals surface area contributed by atoms with Gasteiger partial charge in [-0.15, -0.1) is 11.6 Å². The Morgan fingerprint density at radius 2 is 2.00 bits per heavy atom. The lowest BCUT2D eigenvalue weighted by atomic mass is 10.1. The molecule has 1 rings (SSSR count). The van der Waals surface area contributed by atoms with Crippen molar-refractivity contribution in [3.05, 3.63) is 35.4 Å². The van der Waals surface area contributed by atoms with Crippen molar-refractivity contribution in [3.63, 3.8) is 0 Å². The number of aliphatic imine (C=N–C) groups is 1. The minimum absolute atomic E-state index is 0.0494. The van der Waals surface area contributed by atoms with E-state index in [0.717, 1.165) is 11.1 Å². The van der Waals surface area contributed by atoms with E-state index in [4.69, 9.17) is 23.2 Å². The van der Waals surface area contributed by atoms with Crippen LogP contribution in [0.1, 0.15) is 23.4 Å². The average molecular weight is 216 g/mol. The largest absolute Gasteiger partial charge is 0.276 e. The highest BCUT2D eigenvalue weighted by molar-refractivity contribution is 6.69. The minimum Gasteiger partial charge on any atom is -0.276 e. The summed E-state index contributed by atoms with van der Waals surface area (Å²) >= 11 is 11.9. The predicted molar refractivity (Wildman–Crippen MR) is 59.0 cm³/mol. The zero-order valence-corrected chi connectivity index (χ0v) is 9.10. The second kappa shape index (κ2) is 4.64. The fraction of sp³-hybridized carbons (Fsp3) is 0.300. The minimum atomic E-state index is -0.0494. The summed E-state index contributed by atoms with van der Waals surface area (Å²) in [5, 5.41) is 0.454. The van der Waals surface area contributed by atoms with Gasteiger partial charge >= 0.3 is 0 Å². The first-order valence-corrected chi connectivity index (χ1v) is 4.84. The molecule has 0 aliphatic heterocycles. The van der Waals surface area contributed by atoms with Gasteiger partial charge in [0.05, 0.1) is 5.38 Å². The van der Waals surface area contributed by atoms with E-state index in [2.05, 4.69) is 4.99 Å². The van der Waals surface area contributed by atoms with Crippen molar-refractivity contribution in [1.82, 2.24) is 0 Å². The molecule has 0 spiro atoms. The number of benzene rings is 1. The van der Waals surface area contributed by atoms with Crippen molar-refractivity contribution in [1.29, 1.82) is 0 Å². The molecule has 3 heteroatoms. The van der Waals surface area contributed by atoms with Crippen LogP contribution in [0.25, 0.3) is 0 Å². The molecule has 70 valence electrons. The van der Waals surface area contributed by atoms with Crippen LogP contribution in [-0.2, 0) is 0 Å². The smallest absolute Gasteiger partial charge is 0.130 e. The van der Waals surface area contributed by atoms with Gasteiger partial charge in [0.15, 0.2) is 0 Å². The Morgan fingerprint density at radius 3 is 2.54 bits per heavy atom. The summed E-state index contributed by atoms with van der Waals surface area (Å²) in [6.07, 6.45) is 0. The molecule has 0 aliphatic carbocycles. The van der Waals surface area contributed by atoms with E-state index in [0.29, 0.717) is 5.17 Å². The number of hydrogen-bond acceptors (Lipinski definition) is 1. The maximum absolute atomic E-state index is 6.00. The Hall–Kier alpha value is -0.530. The van der Waals surface area contributed by atoms with Gasteiger partial charge in [0.2, 0.25) is 0 Å². The molecule has 1 atom stereocenters. The second-order valence-corrected chi connectivity index (χ2v) is 3.73. The maximum Gasteiger partial charge on any atom is 0.130 e. The Labute approximate surface area is 88.4 Å². The van der Waals surface area contributed by atoms with E-state index >= 15 is 0 Å². The van der Waals surface area contributed by atoms with Crippen molar-refractivity contribution < 1.29 is 0 Å². The highest BCUT2D eigenvalue weighted by Gasteiger charge is 2.09. The third kappa shape index (κ3) is 2.45. The van der Waals surface area contributed by atoms with Crippen molar-refractivity contribution in [2.24, 2.45) is 4.99 Å². The first-order valence-electron chi connectivity index (χ1n) is 4.02.